The second-order valence-corrected chi connectivity index (χ2v) is 8.71. The highest BCUT2D eigenvalue weighted by atomic mass is 16.6. The van der Waals surface area contributed by atoms with Crippen molar-refractivity contribution >= 4 is 18.0 Å². The first-order valence-corrected chi connectivity index (χ1v) is 10.5. The Morgan fingerprint density at radius 1 is 1.07 bits per heavy atom. The summed E-state index contributed by atoms with van der Waals surface area (Å²) in [5, 5.41) is 2.75. The van der Waals surface area contributed by atoms with E-state index in [-0.39, 0.29) is 0 Å². The minimum absolute atomic E-state index is 0.320. The van der Waals surface area contributed by atoms with Crippen LogP contribution in [0.4, 0.5) is 4.79 Å². The summed E-state index contributed by atoms with van der Waals surface area (Å²) >= 11 is 0. The number of ether oxygens (including phenoxy) is 3. The van der Waals surface area contributed by atoms with Crippen molar-refractivity contribution in [2.75, 3.05) is 7.11 Å². The zero-order chi connectivity index (χ0) is 22.1. The molecule has 0 aromatic heterocycles. The van der Waals surface area contributed by atoms with Crippen molar-refractivity contribution in [2.24, 2.45) is 5.92 Å². The van der Waals surface area contributed by atoms with Gasteiger partial charge >= 0.3 is 18.0 Å². The lowest BCUT2D eigenvalue weighted by molar-refractivity contribution is -0.152. The molecule has 0 bridgehead atoms. The Balaban J connectivity index is 2.22. The molecule has 1 aliphatic rings. The van der Waals surface area contributed by atoms with Gasteiger partial charge in [0.2, 0.25) is 6.10 Å². The van der Waals surface area contributed by atoms with Crippen LogP contribution in [0.15, 0.2) is 30.3 Å². The lowest BCUT2D eigenvalue weighted by Gasteiger charge is -2.31. The second kappa shape index (κ2) is 11.0. The monoisotopic (exact) mass is 419 g/mol. The van der Waals surface area contributed by atoms with Crippen molar-refractivity contribution in [3.8, 4) is 0 Å². The van der Waals surface area contributed by atoms with Gasteiger partial charge in [0, 0.05) is 0 Å². The third kappa shape index (κ3) is 7.69. The maximum atomic E-state index is 12.6. The first-order valence-electron chi connectivity index (χ1n) is 10.5. The summed E-state index contributed by atoms with van der Waals surface area (Å²) in [4.78, 5) is 37.6. The molecule has 1 fully saturated rings. The Kier molecular flexibility index (Phi) is 8.69. The number of amides is 1. The van der Waals surface area contributed by atoms with E-state index in [9.17, 15) is 14.4 Å². The van der Waals surface area contributed by atoms with Gasteiger partial charge in [-0.2, -0.15) is 0 Å². The van der Waals surface area contributed by atoms with Gasteiger partial charge in [-0.1, -0.05) is 50.3 Å². The maximum Gasteiger partial charge on any atom is 0.408 e. The molecule has 0 spiro atoms. The molecule has 2 rings (SSSR count). The molecule has 1 aromatic rings. The van der Waals surface area contributed by atoms with Crippen molar-refractivity contribution in [3.05, 3.63) is 35.9 Å². The van der Waals surface area contributed by atoms with Crippen LogP contribution < -0.4 is 5.32 Å². The van der Waals surface area contributed by atoms with Crippen molar-refractivity contribution < 1.29 is 28.6 Å². The molecule has 1 amide bonds. The second-order valence-electron chi connectivity index (χ2n) is 8.71. The SMILES string of the molecule is COC(=O)[C@@H](OC(=O)c1ccccc1)[C@H](CC1CCCCC1)NC(=O)OC(C)(C)C. The summed E-state index contributed by atoms with van der Waals surface area (Å²) in [5.74, 6) is -1.04. The topological polar surface area (TPSA) is 90.9 Å². The van der Waals surface area contributed by atoms with Crippen molar-refractivity contribution in [2.45, 2.75) is 77.0 Å². The molecule has 30 heavy (non-hydrogen) atoms. The molecule has 166 valence electrons. The number of benzene rings is 1. The molecule has 1 saturated carbocycles. The van der Waals surface area contributed by atoms with E-state index < -0.39 is 35.8 Å². The summed E-state index contributed by atoms with van der Waals surface area (Å²) < 4.78 is 15.8. The lowest BCUT2D eigenvalue weighted by atomic mass is 9.83. The van der Waals surface area contributed by atoms with Gasteiger partial charge in [0.05, 0.1) is 18.7 Å². The maximum absolute atomic E-state index is 12.6. The fraction of sp³-hybridized carbons (Fsp3) is 0.609. The number of esters is 2. The van der Waals surface area contributed by atoms with Gasteiger partial charge in [-0.25, -0.2) is 14.4 Å². The first kappa shape index (κ1) is 23.7. The average Bonchev–Trinajstić information content (AvgIpc) is 2.71. The molecule has 1 aliphatic carbocycles. The third-order valence-electron chi connectivity index (χ3n) is 5.06. The number of hydrogen-bond acceptors (Lipinski definition) is 6. The summed E-state index contributed by atoms with van der Waals surface area (Å²) in [6, 6.07) is 7.67. The molecule has 0 heterocycles. The number of hydrogen-bond donors (Lipinski definition) is 1. The van der Waals surface area contributed by atoms with Gasteiger partial charge in [0.1, 0.15) is 5.60 Å². The number of alkyl carbamates (subject to hydrolysis) is 1. The minimum Gasteiger partial charge on any atom is -0.466 e. The zero-order valence-electron chi connectivity index (χ0n) is 18.3. The van der Waals surface area contributed by atoms with Crippen LogP contribution in [-0.2, 0) is 19.0 Å². The molecule has 7 heteroatoms. The fourth-order valence-corrected chi connectivity index (χ4v) is 3.67. The van der Waals surface area contributed by atoms with Gasteiger partial charge in [0.15, 0.2) is 0 Å². The molecule has 0 aliphatic heterocycles. The molecular weight excluding hydrogens is 386 g/mol. The van der Waals surface area contributed by atoms with Crippen LogP contribution in [0.5, 0.6) is 0 Å². The highest BCUT2D eigenvalue weighted by molar-refractivity contribution is 5.91. The summed E-state index contributed by atoms with van der Waals surface area (Å²) in [6.45, 7) is 5.28. The first-order chi connectivity index (χ1) is 14.2. The predicted octanol–water partition coefficient (Wildman–Crippen LogP) is 4.25. The number of nitrogens with one attached hydrogen (secondary N) is 1. The molecule has 0 unspecified atom stereocenters. The van der Waals surface area contributed by atoms with E-state index in [0.717, 1.165) is 25.7 Å². The van der Waals surface area contributed by atoms with E-state index in [1.807, 2.05) is 0 Å². The Morgan fingerprint density at radius 3 is 2.27 bits per heavy atom. The standard InChI is InChI=1S/C23H33NO6/c1-23(2,3)30-22(27)24-18(15-16-11-7-5-8-12-16)19(21(26)28-4)29-20(25)17-13-9-6-10-14-17/h6,9-10,13-14,16,18-19H,5,7-8,11-12,15H2,1-4H3,(H,24,27)/t18-,19-/m0/s1. The van der Waals surface area contributed by atoms with Crippen molar-refractivity contribution in [3.63, 3.8) is 0 Å². The zero-order valence-corrected chi connectivity index (χ0v) is 18.3. The Hall–Kier alpha value is -2.57. The molecular formula is C23H33NO6. The van der Waals surface area contributed by atoms with E-state index in [4.69, 9.17) is 14.2 Å². The summed E-state index contributed by atoms with van der Waals surface area (Å²) in [7, 11) is 1.23. The molecule has 2 atom stereocenters. The van der Waals surface area contributed by atoms with Gasteiger partial charge in [-0.15, -0.1) is 0 Å². The molecule has 0 saturated heterocycles. The largest absolute Gasteiger partial charge is 0.466 e. The van der Waals surface area contributed by atoms with E-state index in [1.165, 1.54) is 13.5 Å². The molecule has 1 N–H and O–H groups in total. The van der Waals surface area contributed by atoms with E-state index >= 15 is 0 Å². The Labute approximate surface area is 178 Å². The quantitative estimate of drug-likeness (QED) is 0.525. The molecule has 7 nitrogen and oxygen atoms in total. The van der Waals surface area contributed by atoms with Gasteiger partial charge in [0.25, 0.3) is 0 Å². The van der Waals surface area contributed by atoms with E-state index in [2.05, 4.69) is 5.32 Å². The molecule has 1 aromatic carbocycles. The van der Waals surface area contributed by atoms with Crippen molar-refractivity contribution in [1.29, 1.82) is 0 Å². The van der Waals surface area contributed by atoms with Crippen LogP contribution >= 0.6 is 0 Å². The summed E-state index contributed by atoms with van der Waals surface area (Å²) in [5.41, 5.74) is -0.374. The van der Waals surface area contributed by atoms with Crippen LogP contribution in [0, 0.1) is 5.92 Å². The van der Waals surface area contributed by atoms with Crippen LogP contribution in [0.2, 0.25) is 0 Å². The van der Waals surface area contributed by atoms with Gasteiger partial charge in [-0.3, -0.25) is 0 Å². The number of carbonyl (C=O) groups excluding carboxylic acids is 3. The van der Waals surface area contributed by atoms with Crippen LogP contribution in [0.25, 0.3) is 0 Å². The van der Waals surface area contributed by atoms with Gasteiger partial charge in [-0.05, 0) is 45.2 Å². The Bertz CT molecular complexity index is 706. The fourth-order valence-electron chi connectivity index (χ4n) is 3.67. The van der Waals surface area contributed by atoms with Crippen LogP contribution in [0.1, 0.15) is 69.7 Å². The predicted molar refractivity (Wildman–Crippen MR) is 112 cm³/mol. The Morgan fingerprint density at radius 2 is 1.70 bits per heavy atom. The van der Waals surface area contributed by atoms with Crippen molar-refractivity contribution in [1.82, 2.24) is 5.32 Å². The molecule has 0 radical (unpaired) electrons. The number of methoxy groups -OCH3 is 1. The highest BCUT2D eigenvalue weighted by Crippen LogP contribution is 2.29. The minimum atomic E-state index is -1.27. The lowest BCUT2D eigenvalue weighted by Crippen LogP contribution is -2.51. The number of carbonyl (C=O) groups is 3. The smallest absolute Gasteiger partial charge is 0.408 e. The van der Waals surface area contributed by atoms with Crippen LogP contribution in [0.3, 0.4) is 0 Å². The van der Waals surface area contributed by atoms with E-state index in [0.29, 0.717) is 17.9 Å². The highest BCUT2D eigenvalue weighted by Gasteiger charge is 2.37. The third-order valence-corrected chi connectivity index (χ3v) is 5.06. The summed E-state index contributed by atoms with van der Waals surface area (Å²) in [6.07, 6.45) is 3.99. The number of rotatable bonds is 7. The van der Waals surface area contributed by atoms with Gasteiger partial charge < -0.3 is 19.5 Å². The van der Waals surface area contributed by atoms with E-state index in [1.54, 1.807) is 51.1 Å². The average molecular weight is 420 g/mol. The normalized spacial score (nSPS) is 16.8. The van der Waals surface area contributed by atoms with Crippen LogP contribution in [-0.4, -0.2) is 42.9 Å².